The van der Waals surface area contributed by atoms with E-state index in [1.54, 1.807) is 36.7 Å². The van der Waals surface area contributed by atoms with Crippen LogP contribution >= 0.6 is 15.9 Å². The maximum atomic E-state index is 8.83. The van der Waals surface area contributed by atoms with E-state index in [1.165, 1.54) is 4.85 Å². The van der Waals surface area contributed by atoms with E-state index < -0.39 is 0 Å². The Hall–Kier alpha value is -1.80. The molecule has 1 heterocycles. The van der Waals surface area contributed by atoms with E-state index in [0.29, 0.717) is 11.3 Å². The second kappa shape index (κ2) is 4.15. The van der Waals surface area contributed by atoms with Gasteiger partial charge in [-0.2, -0.15) is 5.26 Å². The molecule has 1 aromatic carbocycles. The Morgan fingerprint density at radius 1 is 1.40 bits per heavy atom. The first-order valence-electron chi connectivity index (χ1n) is 4.17. The first-order valence-corrected chi connectivity index (χ1v) is 4.96. The van der Waals surface area contributed by atoms with Crippen LogP contribution in [0.15, 0.2) is 41.1 Å². The quantitative estimate of drug-likeness (QED) is 0.836. The highest BCUT2D eigenvalue weighted by Crippen LogP contribution is 2.17. The molecule has 0 aliphatic rings. The van der Waals surface area contributed by atoms with E-state index in [2.05, 4.69) is 21.0 Å². The average Bonchev–Trinajstić information content (AvgIpc) is 2.65. The van der Waals surface area contributed by atoms with E-state index in [4.69, 9.17) is 10.1 Å². The van der Waals surface area contributed by atoms with Gasteiger partial charge in [0.2, 0.25) is 0 Å². The van der Waals surface area contributed by atoms with Crippen LogP contribution in [0, 0.1) is 11.3 Å². The molecule has 2 rings (SSSR count). The maximum absolute atomic E-state index is 8.83. The third-order valence-electron chi connectivity index (χ3n) is 1.73. The normalized spacial score (nSPS) is 9.60. The van der Waals surface area contributed by atoms with Crippen LogP contribution < -0.4 is 4.84 Å². The van der Waals surface area contributed by atoms with Crippen molar-refractivity contribution < 1.29 is 4.84 Å². The van der Waals surface area contributed by atoms with Crippen molar-refractivity contribution in [2.24, 2.45) is 0 Å². The van der Waals surface area contributed by atoms with Gasteiger partial charge in [0.05, 0.1) is 22.4 Å². The zero-order valence-electron chi connectivity index (χ0n) is 7.59. The number of para-hydroxylation sites is 1. The van der Waals surface area contributed by atoms with Crippen molar-refractivity contribution in [2.75, 3.05) is 0 Å². The zero-order chi connectivity index (χ0) is 10.7. The summed E-state index contributed by atoms with van der Waals surface area (Å²) in [5.74, 6) is 0.482. The molecule has 5 heteroatoms. The summed E-state index contributed by atoms with van der Waals surface area (Å²) in [7, 11) is 0. The highest BCUT2D eigenvalue weighted by Gasteiger charge is 2.03. The standard InChI is InChI=1S/C10H6BrN3O/c11-9-6-13-14(7-9)15-10-4-2-1-3-8(10)5-12/h1-4,6-7H. The highest BCUT2D eigenvalue weighted by atomic mass is 79.9. The van der Waals surface area contributed by atoms with Gasteiger partial charge in [0.15, 0.2) is 5.75 Å². The minimum absolute atomic E-state index is 0.476. The van der Waals surface area contributed by atoms with Crippen LogP contribution in [0.25, 0.3) is 0 Å². The number of hydrogen-bond donors (Lipinski definition) is 0. The van der Waals surface area contributed by atoms with E-state index in [1.807, 2.05) is 6.07 Å². The van der Waals surface area contributed by atoms with Crippen molar-refractivity contribution in [3.05, 3.63) is 46.7 Å². The molecular formula is C10H6BrN3O. The number of aromatic nitrogens is 2. The number of halogens is 1. The molecule has 0 amide bonds. The summed E-state index contributed by atoms with van der Waals surface area (Å²) in [6.07, 6.45) is 3.27. The van der Waals surface area contributed by atoms with Crippen LogP contribution in [-0.4, -0.2) is 9.94 Å². The van der Waals surface area contributed by atoms with E-state index >= 15 is 0 Å². The number of rotatable bonds is 2. The lowest BCUT2D eigenvalue weighted by molar-refractivity contribution is 0.178. The van der Waals surface area contributed by atoms with Gasteiger partial charge < -0.3 is 4.84 Å². The minimum atomic E-state index is 0.476. The second-order valence-electron chi connectivity index (χ2n) is 2.76. The molecule has 74 valence electrons. The smallest absolute Gasteiger partial charge is 0.175 e. The molecule has 0 unspecified atom stereocenters. The summed E-state index contributed by atoms with van der Waals surface area (Å²) in [5, 5.41) is 12.8. The molecule has 0 aliphatic carbocycles. The lowest BCUT2D eigenvalue weighted by Crippen LogP contribution is -2.06. The fourth-order valence-corrected chi connectivity index (χ4v) is 1.34. The summed E-state index contributed by atoms with van der Waals surface area (Å²) in [6, 6.07) is 9.03. The van der Waals surface area contributed by atoms with Gasteiger partial charge in [-0.25, -0.2) is 0 Å². The molecule has 0 aliphatic heterocycles. The maximum Gasteiger partial charge on any atom is 0.175 e. The predicted octanol–water partition coefficient (Wildman–Crippen LogP) is 2.36. The molecule has 1 aromatic heterocycles. The fraction of sp³-hybridized carbons (Fsp3) is 0. The number of nitriles is 1. The van der Waals surface area contributed by atoms with Gasteiger partial charge in [-0.1, -0.05) is 17.0 Å². The Bertz CT molecular complexity index is 515. The van der Waals surface area contributed by atoms with Crippen molar-refractivity contribution in [1.82, 2.24) is 9.94 Å². The molecule has 0 radical (unpaired) electrons. The minimum Gasteiger partial charge on any atom is -0.357 e. The Kier molecular flexibility index (Phi) is 2.70. The Labute approximate surface area is 94.8 Å². The Morgan fingerprint density at radius 3 is 2.87 bits per heavy atom. The van der Waals surface area contributed by atoms with E-state index in [-0.39, 0.29) is 0 Å². The molecule has 0 spiro atoms. The van der Waals surface area contributed by atoms with Gasteiger partial charge in [0.1, 0.15) is 6.07 Å². The van der Waals surface area contributed by atoms with Crippen LogP contribution in [-0.2, 0) is 0 Å². The predicted molar refractivity (Wildman–Crippen MR) is 57.1 cm³/mol. The van der Waals surface area contributed by atoms with Gasteiger partial charge in [-0.05, 0) is 28.1 Å². The molecule has 2 aromatic rings. The van der Waals surface area contributed by atoms with E-state index in [9.17, 15) is 0 Å². The monoisotopic (exact) mass is 263 g/mol. The van der Waals surface area contributed by atoms with Gasteiger partial charge in [0, 0.05) is 0 Å². The lowest BCUT2D eigenvalue weighted by atomic mass is 10.2. The van der Waals surface area contributed by atoms with Gasteiger partial charge in [-0.15, -0.1) is 5.10 Å². The first kappa shape index (κ1) is 9.74. The number of benzene rings is 1. The number of nitrogens with zero attached hydrogens (tertiary/aromatic N) is 3. The van der Waals surface area contributed by atoms with Crippen LogP contribution in [0.3, 0.4) is 0 Å². The van der Waals surface area contributed by atoms with E-state index in [0.717, 1.165) is 4.47 Å². The second-order valence-corrected chi connectivity index (χ2v) is 3.68. The number of hydrogen-bond acceptors (Lipinski definition) is 3. The summed E-state index contributed by atoms with van der Waals surface area (Å²) in [4.78, 5) is 6.67. The van der Waals surface area contributed by atoms with Crippen molar-refractivity contribution >= 4 is 15.9 Å². The van der Waals surface area contributed by atoms with Crippen molar-refractivity contribution in [1.29, 1.82) is 5.26 Å². The molecule has 0 bridgehead atoms. The van der Waals surface area contributed by atoms with Crippen LogP contribution in [0.5, 0.6) is 5.75 Å². The molecule has 0 atom stereocenters. The molecule has 4 nitrogen and oxygen atoms in total. The molecule has 0 saturated carbocycles. The summed E-state index contributed by atoms with van der Waals surface area (Å²) in [5.41, 5.74) is 0.476. The lowest BCUT2D eigenvalue weighted by Gasteiger charge is -2.04. The highest BCUT2D eigenvalue weighted by molar-refractivity contribution is 9.10. The molecule has 0 N–H and O–H groups in total. The van der Waals surface area contributed by atoms with Crippen LogP contribution in [0.4, 0.5) is 0 Å². The van der Waals surface area contributed by atoms with Gasteiger partial charge in [0.25, 0.3) is 0 Å². The Balaban J connectivity index is 2.28. The summed E-state index contributed by atoms with van der Waals surface area (Å²) in [6.45, 7) is 0. The average molecular weight is 264 g/mol. The topological polar surface area (TPSA) is 50.8 Å². The fourth-order valence-electron chi connectivity index (χ4n) is 1.07. The molecule has 0 fully saturated rings. The van der Waals surface area contributed by atoms with Crippen molar-refractivity contribution in [2.45, 2.75) is 0 Å². The third-order valence-corrected chi connectivity index (χ3v) is 2.14. The molecule has 0 saturated heterocycles. The van der Waals surface area contributed by atoms with Gasteiger partial charge in [-0.3, -0.25) is 0 Å². The summed E-state index contributed by atoms with van der Waals surface area (Å²) < 4.78 is 0.817. The first-order chi connectivity index (χ1) is 7.29. The van der Waals surface area contributed by atoms with Crippen LogP contribution in [0.2, 0.25) is 0 Å². The zero-order valence-corrected chi connectivity index (χ0v) is 9.18. The van der Waals surface area contributed by atoms with Crippen LogP contribution in [0.1, 0.15) is 5.56 Å². The third kappa shape index (κ3) is 2.17. The molecule has 15 heavy (non-hydrogen) atoms. The Morgan fingerprint density at radius 2 is 2.20 bits per heavy atom. The van der Waals surface area contributed by atoms with Crippen molar-refractivity contribution in [3.8, 4) is 11.8 Å². The largest absolute Gasteiger partial charge is 0.357 e. The SMILES string of the molecule is N#Cc1ccccc1On1cc(Br)cn1. The van der Waals surface area contributed by atoms with Crippen molar-refractivity contribution in [3.63, 3.8) is 0 Å². The summed E-state index contributed by atoms with van der Waals surface area (Å²) >= 11 is 3.25. The van der Waals surface area contributed by atoms with Gasteiger partial charge >= 0.3 is 0 Å². The molecular weight excluding hydrogens is 258 g/mol.